The second kappa shape index (κ2) is 6.12. The Kier molecular flexibility index (Phi) is 4.50. The number of anilines is 1. The molecule has 1 amide bonds. The molecule has 0 aromatic heterocycles. The highest BCUT2D eigenvalue weighted by Gasteiger charge is 2.21. The molecule has 1 aromatic carbocycles. The molecular weight excluding hydrogens is 258 g/mol. The van der Waals surface area contributed by atoms with Gasteiger partial charge in [0, 0.05) is 31.9 Å². The maximum Gasteiger partial charge on any atom is 0.283 e. The number of benzene rings is 1. The maximum atomic E-state index is 12.1. The minimum atomic E-state index is -0.186. The van der Waals surface area contributed by atoms with E-state index >= 15 is 0 Å². The first kappa shape index (κ1) is 14.0. The molecule has 1 saturated heterocycles. The number of para-hydroxylation sites is 1. The first-order chi connectivity index (χ1) is 9.08. The van der Waals surface area contributed by atoms with Gasteiger partial charge in [-0.1, -0.05) is 30.4 Å². The first-order valence-electron chi connectivity index (χ1n) is 6.42. The number of amides is 1. The third-order valence-electron chi connectivity index (χ3n) is 3.38. The summed E-state index contributed by atoms with van der Waals surface area (Å²) in [5.41, 5.74) is 1.86. The fourth-order valence-corrected chi connectivity index (χ4v) is 2.28. The number of nitrogens with one attached hydrogen (secondary N) is 1. The predicted octanol–water partition coefficient (Wildman–Crippen LogP) is 1.51. The van der Waals surface area contributed by atoms with Crippen LogP contribution in [0.15, 0.2) is 24.3 Å². The SMILES string of the molecule is Cc1ccccc1NC(=O)C(=S)N1CCN(C)CC1. The standard InChI is InChI=1S/C14H19N3OS/c1-11-5-3-4-6-12(11)15-13(18)14(19)17-9-7-16(2)8-10-17/h3-6H,7-10H2,1-2H3,(H,15,18). The third-order valence-corrected chi connectivity index (χ3v) is 3.82. The van der Waals surface area contributed by atoms with E-state index in [-0.39, 0.29) is 5.91 Å². The molecule has 1 aliphatic rings. The van der Waals surface area contributed by atoms with Crippen molar-refractivity contribution in [2.75, 3.05) is 38.5 Å². The Morgan fingerprint density at radius 3 is 2.47 bits per heavy atom. The van der Waals surface area contributed by atoms with Crippen molar-refractivity contribution < 1.29 is 4.79 Å². The predicted molar refractivity (Wildman–Crippen MR) is 81.5 cm³/mol. The summed E-state index contributed by atoms with van der Waals surface area (Å²) in [5.74, 6) is -0.186. The van der Waals surface area contributed by atoms with E-state index in [0.29, 0.717) is 4.99 Å². The molecule has 19 heavy (non-hydrogen) atoms. The topological polar surface area (TPSA) is 35.6 Å². The second-order valence-electron chi connectivity index (χ2n) is 4.86. The van der Waals surface area contributed by atoms with Gasteiger partial charge in [-0.3, -0.25) is 4.79 Å². The van der Waals surface area contributed by atoms with Gasteiger partial charge in [0.15, 0.2) is 4.99 Å². The molecule has 0 bridgehead atoms. The highest BCUT2D eigenvalue weighted by molar-refractivity contribution is 7.82. The average molecular weight is 277 g/mol. The first-order valence-corrected chi connectivity index (χ1v) is 6.83. The van der Waals surface area contributed by atoms with Crippen LogP contribution >= 0.6 is 12.2 Å². The number of rotatable bonds is 1. The lowest BCUT2D eigenvalue weighted by Crippen LogP contribution is -2.49. The van der Waals surface area contributed by atoms with Crippen LogP contribution in [0.4, 0.5) is 5.69 Å². The fourth-order valence-electron chi connectivity index (χ4n) is 2.04. The van der Waals surface area contributed by atoms with Gasteiger partial charge in [0.25, 0.3) is 5.91 Å². The molecular formula is C14H19N3OS. The Morgan fingerprint density at radius 1 is 1.21 bits per heavy atom. The molecule has 0 radical (unpaired) electrons. The summed E-state index contributed by atoms with van der Waals surface area (Å²) in [5, 5.41) is 2.88. The van der Waals surface area contributed by atoms with Crippen LogP contribution in [-0.2, 0) is 4.79 Å². The molecule has 1 heterocycles. The molecule has 0 unspecified atom stereocenters. The third kappa shape index (κ3) is 3.52. The molecule has 1 N–H and O–H groups in total. The summed E-state index contributed by atoms with van der Waals surface area (Å²) in [6, 6.07) is 7.71. The molecule has 102 valence electrons. The van der Waals surface area contributed by atoms with Crippen molar-refractivity contribution in [2.45, 2.75) is 6.92 Å². The highest BCUT2D eigenvalue weighted by Crippen LogP contribution is 2.13. The van der Waals surface area contributed by atoms with Crippen LogP contribution in [0.25, 0.3) is 0 Å². The molecule has 0 saturated carbocycles. The van der Waals surface area contributed by atoms with E-state index < -0.39 is 0 Å². The van der Waals surface area contributed by atoms with Crippen LogP contribution in [0.2, 0.25) is 0 Å². The van der Waals surface area contributed by atoms with Crippen LogP contribution in [0.1, 0.15) is 5.56 Å². The number of aryl methyl sites for hydroxylation is 1. The van der Waals surface area contributed by atoms with E-state index in [9.17, 15) is 4.79 Å². The van der Waals surface area contributed by atoms with Crippen LogP contribution in [0, 0.1) is 6.92 Å². The van der Waals surface area contributed by atoms with Gasteiger partial charge in [-0.15, -0.1) is 0 Å². The average Bonchev–Trinajstić information content (AvgIpc) is 2.41. The number of nitrogens with zero attached hydrogens (tertiary/aromatic N) is 2. The van der Waals surface area contributed by atoms with Gasteiger partial charge in [0.2, 0.25) is 0 Å². The fraction of sp³-hybridized carbons (Fsp3) is 0.429. The van der Waals surface area contributed by atoms with Crippen molar-refractivity contribution in [1.29, 1.82) is 0 Å². The number of thiocarbonyl (C=S) groups is 1. The monoisotopic (exact) mass is 277 g/mol. The van der Waals surface area contributed by atoms with Gasteiger partial charge in [-0.2, -0.15) is 0 Å². The highest BCUT2D eigenvalue weighted by atomic mass is 32.1. The molecule has 0 atom stereocenters. The summed E-state index contributed by atoms with van der Waals surface area (Å²) >= 11 is 5.27. The van der Waals surface area contributed by atoms with Gasteiger partial charge >= 0.3 is 0 Å². The Balaban J connectivity index is 1.96. The van der Waals surface area contributed by atoms with Gasteiger partial charge in [-0.25, -0.2) is 0 Å². The molecule has 4 nitrogen and oxygen atoms in total. The van der Waals surface area contributed by atoms with Crippen molar-refractivity contribution in [1.82, 2.24) is 9.80 Å². The van der Waals surface area contributed by atoms with Gasteiger partial charge < -0.3 is 15.1 Å². The maximum absolute atomic E-state index is 12.1. The van der Waals surface area contributed by atoms with Gasteiger partial charge in [-0.05, 0) is 25.6 Å². The van der Waals surface area contributed by atoms with Crippen LogP contribution < -0.4 is 5.32 Å². The molecule has 5 heteroatoms. The van der Waals surface area contributed by atoms with Gasteiger partial charge in [0.1, 0.15) is 0 Å². The Morgan fingerprint density at radius 2 is 1.84 bits per heavy atom. The van der Waals surface area contributed by atoms with Crippen LogP contribution in [0.3, 0.4) is 0 Å². The normalized spacial score (nSPS) is 16.2. The van der Waals surface area contributed by atoms with Crippen molar-refractivity contribution in [3.05, 3.63) is 29.8 Å². The van der Waals surface area contributed by atoms with Crippen LogP contribution in [-0.4, -0.2) is 53.9 Å². The zero-order chi connectivity index (χ0) is 13.8. The number of piperazine rings is 1. The zero-order valence-electron chi connectivity index (χ0n) is 11.3. The molecule has 1 aromatic rings. The van der Waals surface area contributed by atoms with Crippen LogP contribution in [0.5, 0.6) is 0 Å². The second-order valence-corrected chi connectivity index (χ2v) is 5.25. The van der Waals surface area contributed by atoms with Crippen molar-refractivity contribution >= 4 is 28.8 Å². The summed E-state index contributed by atoms with van der Waals surface area (Å²) < 4.78 is 0. The van der Waals surface area contributed by atoms with E-state index in [1.54, 1.807) is 0 Å². The van der Waals surface area contributed by atoms with E-state index in [4.69, 9.17) is 12.2 Å². The lowest BCUT2D eigenvalue weighted by molar-refractivity contribution is -0.110. The van der Waals surface area contributed by atoms with Gasteiger partial charge in [0.05, 0.1) is 0 Å². The number of hydrogen-bond donors (Lipinski definition) is 1. The lowest BCUT2D eigenvalue weighted by Gasteiger charge is -2.33. The largest absolute Gasteiger partial charge is 0.356 e. The minimum absolute atomic E-state index is 0.186. The molecule has 0 aliphatic carbocycles. The molecule has 1 aliphatic heterocycles. The quantitative estimate of drug-likeness (QED) is 0.789. The van der Waals surface area contributed by atoms with Crippen molar-refractivity contribution in [2.24, 2.45) is 0 Å². The Hall–Kier alpha value is -1.46. The van der Waals surface area contributed by atoms with E-state index in [1.165, 1.54) is 0 Å². The summed E-state index contributed by atoms with van der Waals surface area (Å²) in [6.07, 6.45) is 0. The summed E-state index contributed by atoms with van der Waals surface area (Å²) in [6.45, 7) is 5.48. The number of likely N-dealkylation sites (N-methyl/N-ethyl adjacent to an activating group) is 1. The Labute approximate surface area is 119 Å². The van der Waals surface area contributed by atoms with E-state index in [2.05, 4.69) is 17.3 Å². The zero-order valence-corrected chi connectivity index (χ0v) is 12.2. The minimum Gasteiger partial charge on any atom is -0.356 e. The summed E-state index contributed by atoms with van der Waals surface area (Å²) in [7, 11) is 2.08. The van der Waals surface area contributed by atoms with E-state index in [1.807, 2.05) is 36.1 Å². The van der Waals surface area contributed by atoms with Crippen molar-refractivity contribution in [3.8, 4) is 0 Å². The van der Waals surface area contributed by atoms with Crippen molar-refractivity contribution in [3.63, 3.8) is 0 Å². The summed E-state index contributed by atoms with van der Waals surface area (Å²) in [4.78, 5) is 16.7. The molecule has 0 spiro atoms. The number of carbonyl (C=O) groups excluding carboxylic acids is 1. The number of hydrogen-bond acceptors (Lipinski definition) is 3. The van der Waals surface area contributed by atoms with E-state index in [0.717, 1.165) is 37.4 Å². The number of carbonyl (C=O) groups is 1. The smallest absolute Gasteiger partial charge is 0.283 e. The Bertz CT molecular complexity index is 481. The lowest BCUT2D eigenvalue weighted by atomic mass is 10.2. The molecule has 1 fully saturated rings. The molecule has 2 rings (SSSR count).